The molecule has 1 N–H and O–H groups in total. The van der Waals surface area contributed by atoms with Crippen LogP contribution in [0.25, 0.3) is 0 Å². The van der Waals surface area contributed by atoms with Gasteiger partial charge in [-0.25, -0.2) is 0 Å². The third-order valence-electron chi connectivity index (χ3n) is 4.03. The van der Waals surface area contributed by atoms with Gasteiger partial charge in [-0.05, 0) is 25.3 Å². The SMILES string of the molecule is COc1cc(OC)c(CNCC2CCCC2)c(OC)c1. The second-order valence-corrected chi connectivity index (χ2v) is 5.29. The maximum Gasteiger partial charge on any atom is 0.130 e. The van der Waals surface area contributed by atoms with Crippen LogP contribution in [-0.2, 0) is 6.54 Å². The van der Waals surface area contributed by atoms with E-state index in [2.05, 4.69) is 5.32 Å². The van der Waals surface area contributed by atoms with Crippen LogP contribution in [0, 0.1) is 5.92 Å². The van der Waals surface area contributed by atoms with Gasteiger partial charge in [0.15, 0.2) is 0 Å². The van der Waals surface area contributed by atoms with E-state index in [1.165, 1.54) is 25.7 Å². The van der Waals surface area contributed by atoms with Gasteiger partial charge in [-0.1, -0.05) is 12.8 Å². The minimum atomic E-state index is 0.748. The highest BCUT2D eigenvalue weighted by Gasteiger charge is 2.16. The molecule has 1 aromatic rings. The predicted molar refractivity (Wildman–Crippen MR) is 79.8 cm³/mol. The Labute approximate surface area is 121 Å². The van der Waals surface area contributed by atoms with Crippen LogP contribution in [-0.4, -0.2) is 27.9 Å². The summed E-state index contributed by atoms with van der Waals surface area (Å²) < 4.78 is 16.2. The van der Waals surface area contributed by atoms with Gasteiger partial charge in [0.25, 0.3) is 0 Å². The zero-order valence-electron chi connectivity index (χ0n) is 12.7. The summed E-state index contributed by atoms with van der Waals surface area (Å²) in [6.07, 6.45) is 5.46. The molecule has 0 aliphatic heterocycles. The third kappa shape index (κ3) is 3.57. The van der Waals surface area contributed by atoms with E-state index in [1.807, 2.05) is 12.1 Å². The summed E-state index contributed by atoms with van der Waals surface area (Å²) in [7, 11) is 5.00. The van der Waals surface area contributed by atoms with E-state index in [1.54, 1.807) is 21.3 Å². The average molecular weight is 279 g/mol. The van der Waals surface area contributed by atoms with Crippen LogP contribution >= 0.6 is 0 Å². The number of hydrogen-bond acceptors (Lipinski definition) is 4. The Morgan fingerprint density at radius 2 is 1.60 bits per heavy atom. The molecule has 20 heavy (non-hydrogen) atoms. The second-order valence-electron chi connectivity index (χ2n) is 5.29. The minimum Gasteiger partial charge on any atom is -0.496 e. The first-order valence-corrected chi connectivity index (χ1v) is 7.28. The molecule has 0 amide bonds. The minimum absolute atomic E-state index is 0.748. The topological polar surface area (TPSA) is 39.7 Å². The number of nitrogens with one attached hydrogen (secondary N) is 1. The van der Waals surface area contributed by atoms with Crippen molar-refractivity contribution in [3.63, 3.8) is 0 Å². The Kier molecular flexibility index (Phi) is 5.53. The van der Waals surface area contributed by atoms with Gasteiger partial charge in [-0.2, -0.15) is 0 Å². The van der Waals surface area contributed by atoms with Gasteiger partial charge in [0.05, 0.1) is 26.9 Å². The summed E-state index contributed by atoms with van der Waals surface area (Å²) in [6, 6.07) is 3.80. The van der Waals surface area contributed by atoms with Crippen molar-refractivity contribution in [2.75, 3.05) is 27.9 Å². The maximum absolute atomic E-state index is 5.45. The monoisotopic (exact) mass is 279 g/mol. The van der Waals surface area contributed by atoms with Crippen molar-refractivity contribution in [3.05, 3.63) is 17.7 Å². The largest absolute Gasteiger partial charge is 0.496 e. The smallest absolute Gasteiger partial charge is 0.130 e. The van der Waals surface area contributed by atoms with Gasteiger partial charge in [0.1, 0.15) is 17.2 Å². The highest BCUT2D eigenvalue weighted by Crippen LogP contribution is 2.34. The van der Waals surface area contributed by atoms with E-state index in [0.29, 0.717) is 0 Å². The first kappa shape index (κ1) is 15.0. The van der Waals surface area contributed by atoms with Crippen molar-refractivity contribution >= 4 is 0 Å². The molecular weight excluding hydrogens is 254 g/mol. The normalized spacial score (nSPS) is 15.3. The molecule has 112 valence electrons. The lowest BCUT2D eigenvalue weighted by molar-refractivity contribution is 0.365. The molecule has 0 radical (unpaired) electrons. The second kappa shape index (κ2) is 7.39. The molecule has 1 aliphatic rings. The molecule has 1 saturated carbocycles. The van der Waals surface area contributed by atoms with E-state index in [4.69, 9.17) is 14.2 Å². The molecule has 4 nitrogen and oxygen atoms in total. The van der Waals surface area contributed by atoms with Crippen LogP contribution in [0.5, 0.6) is 17.2 Å². The summed E-state index contributed by atoms with van der Waals surface area (Å²) in [6.45, 7) is 1.82. The van der Waals surface area contributed by atoms with Crippen LogP contribution < -0.4 is 19.5 Å². The molecule has 4 heteroatoms. The maximum atomic E-state index is 5.45. The summed E-state index contributed by atoms with van der Waals surface area (Å²) in [5, 5.41) is 3.53. The number of rotatable bonds is 7. The Balaban J connectivity index is 2.04. The molecule has 0 atom stereocenters. The zero-order valence-corrected chi connectivity index (χ0v) is 12.7. The lowest BCUT2D eigenvalue weighted by atomic mass is 10.1. The number of hydrogen-bond donors (Lipinski definition) is 1. The van der Waals surface area contributed by atoms with Crippen molar-refractivity contribution in [2.45, 2.75) is 32.2 Å². The van der Waals surface area contributed by atoms with Crippen LogP contribution in [0.3, 0.4) is 0 Å². The fourth-order valence-corrected chi connectivity index (χ4v) is 2.87. The fourth-order valence-electron chi connectivity index (χ4n) is 2.87. The third-order valence-corrected chi connectivity index (χ3v) is 4.03. The molecule has 0 heterocycles. The molecule has 0 unspecified atom stereocenters. The summed E-state index contributed by atoms with van der Waals surface area (Å²) in [4.78, 5) is 0. The molecular formula is C16H25NO3. The van der Waals surface area contributed by atoms with E-state index in [-0.39, 0.29) is 0 Å². The standard InChI is InChI=1S/C16H25NO3/c1-18-13-8-15(19-2)14(16(9-13)20-3)11-17-10-12-6-4-5-7-12/h8-9,12,17H,4-7,10-11H2,1-3H3. The molecule has 2 rings (SSSR count). The van der Waals surface area contributed by atoms with E-state index in [0.717, 1.165) is 41.8 Å². The van der Waals surface area contributed by atoms with E-state index in [9.17, 15) is 0 Å². The Morgan fingerprint density at radius 3 is 2.10 bits per heavy atom. The Morgan fingerprint density at radius 1 is 1.00 bits per heavy atom. The number of ether oxygens (including phenoxy) is 3. The summed E-state index contributed by atoms with van der Waals surface area (Å²) in [5.41, 5.74) is 1.05. The van der Waals surface area contributed by atoms with E-state index < -0.39 is 0 Å². The van der Waals surface area contributed by atoms with E-state index >= 15 is 0 Å². The molecule has 1 fully saturated rings. The van der Waals surface area contributed by atoms with Crippen LogP contribution in [0.1, 0.15) is 31.2 Å². The fraction of sp³-hybridized carbons (Fsp3) is 0.625. The molecule has 1 aromatic carbocycles. The lowest BCUT2D eigenvalue weighted by Gasteiger charge is -2.16. The predicted octanol–water partition coefficient (Wildman–Crippen LogP) is 2.99. The van der Waals surface area contributed by atoms with Gasteiger partial charge < -0.3 is 19.5 Å². The molecule has 1 aliphatic carbocycles. The summed E-state index contributed by atoms with van der Waals surface area (Å²) >= 11 is 0. The molecule has 0 aromatic heterocycles. The lowest BCUT2D eigenvalue weighted by Crippen LogP contribution is -2.21. The number of methoxy groups -OCH3 is 3. The average Bonchev–Trinajstić information content (AvgIpc) is 3.00. The van der Waals surface area contributed by atoms with Gasteiger partial charge in [0, 0.05) is 18.7 Å². The first-order valence-electron chi connectivity index (χ1n) is 7.28. The Hall–Kier alpha value is -1.42. The highest BCUT2D eigenvalue weighted by atomic mass is 16.5. The summed E-state index contributed by atoms with van der Waals surface area (Å²) in [5.74, 6) is 3.18. The van der Waals surface area contributed by atoms with Crippen LogP contribution in [0.4, 0.5) is 0 Å². The molecule has 0 spiro atoms. The van der Waals surface area contributed by atoms with Crippen molar-refractivity contribution in [2.24, 2.45) is 5.92 Å². The molecule has 0 saturated heterocycles. The van der Waals surface area contributed by atoms with Gasteiger partial charge in [-0.3, -0.25) is 0 Å². The van der Waals surface area contributed by atoms with Gasteiger partial charge >= 0.3 is 0 Å². The van der Waals surface area contributed by atoms with Crippen molar-refractivity contribution < 1.29 is 14.2 Å². The van der Waals surface area contributed by atoms with Gasteiger partial charge in [0.2, 0.25) is 0 Å². The first-order chi connectivity index (χ1) is 9.78. The van der Waals surface area contributed by atoms with Gasteiger partial charge in [-0.15, -0.1) is 0 Å². The quantitative estimate of drug-likeness (QED) is 0.833. The highest BCUT2D eigenvalue weighted by molar-refractivity contribution is 5.50. The molecule has 0 bridgehead atoms. The van der Waals surface area contributed by atoms with Crippen molar-refractivity contribution in [3.8, 4) is 17.2 Å². The van der Waals surface area contributed by atoms with Crippen LogP contribution in [0.2, 0.25) is 0 Å². The number of benzene rings is 1. The Bertz CT molecular complexity index is 403. The van der Waals surface area contributed by atoms with Crippen molar-refractivity contribution in [1.82, 2.24) is 5.32 Å². The zero-order chi connectivity index (χ0) is 14.4. The van der Waals surface area contributed by atoms with Crippen LogP contribution in [0.15, 0.2) is 12.1 Å². The van der Waals surface area contributed by atoms with Crippen molar-refractivity contribution in [1.29, 1.82) is 0 Å².